The lowest BCUT2D eigenvalue weighted by molar-refractivity contribution is -0.116. The van der Waals surface area contributed by atoms with Gasteiger partial charge in [0.15, 0.2) is 0 Å². The standard InChI is InChI=1S/C19H22N2O3/c1-13-10-14(2)12-15(11-13)24-9-8-18(22)21-17-7-5-4-6-16(17)19(23)20-3/h4-7,10-12H,8-9H2,1-3H3,(H,20,23)(H,21,22). The van der Waals surface area contributed by atoms with Crippen molar-refractivity contribution in [2.24, 2.45) is 0 Å². The van der Waals surface area contributed by atoms with E-state index in [-0.39, 0.29) is 24.8 Å². The zero-order valence-corrected chi connectivity index (χ0v) is 14.2. The maximum absolute atomic E-state index is 12.1. The molecule has 0 saturated carbocycles. The van der Waals surface area contributed by atoms with Crippen LogP contribution in [0.25, 0.3) is 0 Å². The first kappa shape index (κ1) is 17.5. The highest BCUT2D eigenvalue weighted by Gasteiger charge is 2.11. The molecule has 0 unspecified atom stereocenters. The van der Waals surface area contributed by atoms with Crippen molar-refractivity contribution in [2.75, 3.05) is 19.0 Å². The fraction of sp³-hybridized carbons (Fsp3) is 0.263. The molecule has 126 valence electrons. The van der Waals surface area contributed by atoms with Crippen molar-refractivity contribution < 1.29 is 14.3 Å². The first-order valence-corrected chi connectivity index (χ1v) is 7.81. The minimum Gasteiger partial charge on any atom is -0.493 e. The number of ether oxygens (including phenoxy) is 1. The molecule has 0 atom stereocenters. The first-order valence-electron chi connectivity index (χ1n) is 7.81. The van der Waals surface area contributed by atoms with E-state index in [9.17, 15) is 9.59 Å². The molecule has 2 rings (SSSR count). The van der Waals surface area contributed by atoms with E-state index < -0.39 is 0 Å². The van der Waals surface area contributed by atoms with E-state index in [0.717, 1.165) is 16.9 Å². The Hall–Kier alpha value is -2.82. The monoisotopic (exact) mass is 326 g/mol. The van der Waals surface area contributed by atoms with Gasteiger partial charge in [0.25, 0.3) is 5.91 Å². The van der Waals surface area contributed by atoms with Crippen LogP contribution in [0.15, 0.2) is 42.5 Å². The molecule has 2 aromatic rings. The largest absolute Gasteiger partial charge is 0.493 e. The Labute approximate surface area is 142 Å². The van der Waals surface area contributed by atoms with E-state index >= 15 is 0 Å². The van der Waals surface area contributed by atoms with Crippen LogP contribution in [0.3, 0.4) is 0 Å². The molecule has 2 aromatic carbocycles. The number of rotatable bonds is 6. The fourth-order valence-electron chi connectivity index (χ4n) is 2.42. The van der Waals surface area contributed by atoms with Gasteiger partial charge in [-0.1, -0.05) is 18.2 Å². The Morgan fingerprint density at radius 1 is 1.04 bits per heavy atom. The van der Waals surface area contributed by atoms with Crippen LogP contribution in [-0.4, -0.2) is 25.5 Å². The van der Waals surface area contributed by atoms with Gasteiger partial charge in [-0.15, -0.1) is 0 Å². The highest BCUT2D eigenvalue weighted by atomic mass is 16.5. The summed E-state index contributed by atoms with van der Waals surface area (Å²) in [5.74, 6) is 0.319. The highest BCUT2D eigenvalue weighted by molar-refractivity contribution is 6.03. The van der Waals surface area contributed by atoms with E-state index in [0.29, 0.717) is 11.3 Å². The lowest BCUT2D eigenvalue weighted by Gasteiger charge is -2.11. The summed E-state index contributed by atoms with van der Waals surface area (Å²) in [7, 11) is 1.55. The zero-order chi connectivity index (χ0) is 17.5. The lowest BCUT2D eigenvalue weighted by atomic mass is 10.1. The lowest BCUT2D eigenvalue weighted by Crippen LogP contribution is -2.22. The van der Waals surface area contributed by atoms with Crippen molar-refractivity contribution in [3.63, 3.8) is 0 Å². The Balaban J connectivity index is 1.91. The molecule has 0 radical (unpaired) electrons. The van der Waals surface area contributed by atoms with Crippen molar-refractivity contribution in [3.8, 4) is 5.75 Å². The Kier molecular flexibility index (Phi) is 5.95. The van der Waals surface area contributed by atoms with Crippen molar-refractivity contribution in [3.05, 3.63) is 59.2 Å². The molecular weight excluding hydrogens is 304 g/mol. The Bertz CT molecular complexity index is 721. The predicted molar refractivity (Wildman–Crippen MR) is 94.5 cm³/mol. The van der Waals surface area contributed by atoms with E-state index in [4.69, 9.17) is 4.74 Å². The second-order valence-electron chi connectivity index (χ2n) is 5.59. The molecule has 5 nitrogen and oxygen atoms in total. The molecule has 0 aliphatic rings. The number of aryl methyl sites for hydroxylation is 2. The molecule has 2 N–H and O–H groups in total. The van der Waals surface area contributed by atoms with Gasteiger partial charge < -0.3 is 15.4 Å². The molecule has 0 aromatic heterocycles. The van der Waals surface area contributed by atoms with E-state index in [1.54, 1.807) is 31.3 Å². The van der Waals surface area contributed by atoms with Crippen molar-refractivity contribution in [2.45, 2.75) is 20.3 Å². The number of hydrogen-bond acceptors (Lipinski definition) is 3. The van der Waals surface area contributed by atoms with E-state index in [1.165, 1.54) is 0 Å². The fourth-order valence-corrected chi connectivity index (χ4v) is 2.42. The van der Waals surface area contributed by atoms with Gasteiger partial charge in [-0.3, -0.25) is 9.59 Å². The Morgan fingerprint density at radius 3 is 2.38 bits per heavy atom. The average molecular weight is 326 g/mol. The number of nitrogens with one attached hydrogen (secondary N) is 2. The van der Waals surface area contributed by atoms with Gasteiger partial charge in [0.1, 0.15) is 5.75 Å². The zero-order valence-electron chi connectivity index (χ0n) is 14.2. The van der Waals surface area contributed by atoms with Gasteiger partial charge in [0.05, 0.1) is 24.3 Å². The third-order valence-electron chi connectivity index (χ3n) is 3.47. The van der Waals surface area contributed by atoms with Crippen molar-refractivity contribution in [1.82, 2.24) is 5.32 Å². The summed E-state index contributed by atoms with van der Waals surface area (Å²) >= 11 is 0. The quantitative estimate of drug-likeness (QED) is 0.857. The second kappa shape index (κ2) is 8.15. The summed E-state index contributed by atoms with van der Waals surface area (Å²) in [6.07, 6.45) is 0.203. The van der Waals surface area contributed by atoms with E-state index in [2.05, 4.69) is 16.7 Å². The van der Waals surface area contributed by atoms with E-state index in [1.807, 2.05) is 26.0 Å². The molecule has 0 aliphatic carbocycles. The number of anilines is 1. The number of hydrogen-bond donors (Lipinski definition) is 2. The van der Waals surface area contributed by atoms with Crippen LogP contribution in [0.4, 0.5) is 5.69 Å². The third-order valence-corrected chi connectivity index (χ3v) is 3.47. The van der Waals surface area contributed by atoms with Gasteiger partial charge in [0, 0.05) is 7.05 Å². The molecule has 2 amide bonds. The highest BCUT2D eigenvalue weighted by Crippen LogP contribution is 2.17. The average Bonchev–Trinajstić information content (AvgIpc) is 2.53. The molecule has 0 aliphatic heterocycles. The maximum Gasteiger partial charge on any atom is 0.253 e. The Morgan fingerprint density at radius 2 is 1.71 bits per heavy atom. The molecule has 5 heteroatoms. The normalized spacial score (nSPS) is 10.1. The van der Waals surface area contributed by atoms with Gasteiger partial charge in [-0.2, -0.15) is 0 Å². The number of amides is 2. The van der Waals surface area contributed by atoms with Crippen LogP contribution in [0.5, 0.6) is 5.75 Å². The topological polar surface area (TPSA) is 67.4 Å². The summed E-state index contributed by atoms with van der Waals surface area (Å²) in [6, 6.07) is 12.8. The molecule has 0 spiro atoms. The number of carbonyl (C=O) groups excluding carboxylic acids is 2. The van der Waals surface area contributed by atoms with Gasteiger partial charge >= 0.3 is 0 Å². The summed E-state index contributed by atoms with van der Waals surface area (Å²) in [4.78, 5) is 23.9. The van der Waals surface area contributed by atoms with Crippen molar-refractivity contribution in [1.29, 1.82) is 0 Å². The minimum atomic E-state index is -0.239. The summed E-state index contributed by atoms with van der Waals surface area (Å²) < 4.78 is 5.63. The van der Waals surface area contributed by atoms with Crippen LogP contribution in [0.1, 0.15) is 27.9 Å². The summed E-state index contributed by atoms with van der Waals surface area (Å²) in [5.41, 5.74) is 3.17. The van der Waals surface area contributed by atoms with Gasteiger partial charge in [-0.05, 0) is 49.2 Å². The molecule has 0 saturated heterocycles. The maximum atomic E-state index is 12.1. The molecule has 0 bridgehead atoms. The van der Waals surface area contributed by atoms with Gasteiger partial charge in [0.2, 0.25) is 5.91 Å². The molecule has 0 fully saturated rings. The first-order chi connectivity index (χ1) is 11.5. The minimum absolute atomic E-state index is 0.198. The third kappa shape index (κ3) is 4.84. The number of benzene rings is 2. The molecule has 24 heavy (non-hydrogen) atoms. The van der Waals surface area contributed by atoms with Gasteiger partial charge in [-0.25, -0.2) is 0 Å². The summed E-state index contributed by atoms with van der Waals surface area (Å²) in [5, 5.41) is 5.31. The number of carbonyl (C=O) groups is 2. The smallest absolute Gasteiger partial charge is 0.253 e. The van der Waals surface area contributed by atoms with Crippen LogP contribution in [0.2, 0.25) is 0 Å². The van der Waals surface area contributed by atoms with Crippen LogP contribution in [-0.2, 0) is 4.79 Å². The molecular formula is C19H22N2O3. The van der Waals surface area contributed by atoms with Crippen LogP contribution >= 0.6 is 0 Å². The second-order valence-corrected chi connectivity index (χ2v) is 5.59. The molecule has 0 heterocycles. The van der Waals surface area contributed by atoms with Crippen LogP contribution in [0, 0.1) is 13.8 Å². The number of para-hydroxylation sites is 1. The SMILES string of the molecule is CNC(=O)c1ccccc1NC(=O)CCOc1cc(C)cc(C)c1. The van der Waals surface area contributed by atoms with Crippen LogP contribution < -0.4 is 15.4 Å². The summed E-state index contributed by atoms with van der Waals surface area (Å²) in [6.45, 7) is 4.28. The predicted octanol–water partition coefficient (Wildman–Crippen LogP) is 3.07. The van der Waals surface area contributed by atoms with Crippen molar-refractivity contribution >= 4 is 17.5 Å².